The van der Waals surface area contributed by atoms with E-state index in [0.717, 1.165) is 0 Å². The number of hydrogen-bond donors (Lipinski definition) is 2. The van der Waals surface area contributed by atoms with Crippen LogP contribution in [0.1, 0.15) is 11.5 Å². The van der Waals surface area contributed by atoms with E-state index in [2.05, 4.69) is 5.32 Å². The highest BCUT2D eigenvalue weighted by molar-refractivity contribution is 6.30. The Morgan fingerprint density at radius 2 is 2.00 bits per heavy atom. The van der Waals surface area contributed by atoms with E-state index in [4.69, 9.17) is 21.1 Å². The molecule has 3 nitrogen and oxygen atoms in total. The number of nitrogens with one attached hydrogen (secondary N) is 1. The maximum Gasteiger partial charge on any atom is 0.129 e. The molecule has 0 amide bonds. The van der Waals surface area contributed by atoms with Gasteiger partial charge in [-0.25, -0.2) is 4.39 Å². The zero-order valence-electron chi connectivity index (χ0n) is 8.91. The van der Waals surface area contributed by atoms with Gasteiger partial charge in [0.1, 0.15) is 23.9 Å². The molecule has 0 atom stereocenters. The number of anilines is 1. The second kappa shape index (κ2) is 5.21. The Bertz CT molecular complexity index is 493. The Morgan fingerprint density at radius 3 is 2.65 bits per heavy atom. The summed E-state index contributed by atoms with van der Waals surface area (Å²) in [5.41, 5.74) is 0.581. The van der Waals surface area contributed by atoms with Crippen molar-refractivity contribution in [2.45, 2.75) is 13.2 Å². The SMILES string of the molecule is OCc1ccc(CNc2cc(F)cc(Cl)c2)o1. The molecule has 90 valence electrons. The lowest BCUT2D eigenvalue weighted by Crippen LogP contribution is -1.98. The molecular weight excluding hydrogens is 245 g/mol. The number of aliphatic hydroxyl groups excluding tert-OH is 1. The molecule has 0 radical (unpaired) electrons. The number of benzene rings is 1. The summed E-state index contributed by atoms with van der Waals surface area (Å²) in [6.07, 6.45) is 0. The van der Waals surface area contributed by atoms with E-state index < -0.39 is 5.82 Å². The van der Waals surface area contributed by atoms with Crippen LogP contribution in [0.25, 0.3) is 0 Å². The fourth-order valence-corrected chi connectivity index (χ4v) is 1.67. The molecule has 5 heteroatoms. The van der Waals surface area contributed by atoms with Crippen LogP contribution in [-0.2, 0) is 13.2 Å². The summed E-state index contributed by atoms with van der Waals surface area (Å²) in [7, 11) is 0. The number of rotatable bonds is 4. The average Bonchev–Trinajstić information content (AvgIpc) is 2.73. The Kier molecular flexibility index (Phi) is 3.66. The molecule has 0 fully saturated rings. The second-order valence-corrected chi connectivity index (χ2v) is 3.97. The quantitative estimate of drug-likeness (QED) is 0.882. The molecule has 1 aromatic heterocycles. The molecule has 1 heterocycles. The highest BCUT2D eigenvalue weighted by Gasteiger charge is 2.02. The van der Waals surface area contributed by atoms with Crippen molar-refractivity contribution in [2.75, 3.05) is 5.32 Å². The van der Waals surface area contributed by atoms with Crippen LogP contribution >= 0.6 is 11.6 Å². The van der Waals surface area contributed by atoms with Crippen LogP contribution in [0.3, 0.4) is 0 Å². The number of hydrogen-bond acceptors (Lipinski definition) is 3. The van der Waals surface area contributed by atoms with E-state index in [9.17, 15) is 4.39 Å². The number of furan rings is 1. The fraction of sp³-hybridized carbons (Fsp3) is 0.167. The summed E-state index contributed by atoms with van der Waals surface area (Å²) < 4.78 is 18.3. The first-order valence-electron chi connectivity index (χ1n) is 5.06. The van der Waals surface area contributed by atoms with Gasteiger partial charge in [0.2, 0.25) is 0 Å². The number of aliphatic hydroxyl groups is 1. The molecule has 0 aliphatic carbocycles. The van der Waals surface area contributed by atoms with E-state index in [1.165, 1.54) is 12.1 Å². The maximum absolute atomic E-state index is 13.0. The molecule has 2 rings (SSSR count). The number of halogens is 2. The Labute approximate surface area is 103 Å². The third-order valence-corrected chi connectivity index (χ3v) is 2.42. The van der Waals surface area contributed by atoms with Crippen molar-refractivity contribution in [2.24, 2.45) is 0 Å². The summed E-state index contributed by atoms with van der Waals surface area (Å²) in [4.78, 5) is 0. The van der Waals surface area contributed by atoms with Crippen molar-refractivity contribution >= 4 is 17.3 Å². The van der Waals surface area contributed by atoms with E-state index in [1.54, 1.807) is 18.2 Å². The van der Waals surface area contributed by atoms with Gasteiger partial charge in [-0.05, 0) is 30.3 Å². The molecule has 2 N–H and O–H groups in total. The molecule has 0 aliphatic rings. The van der Waals surface area contributed by atoms with E-state index in [-0.39, 0.29) is 6.61 Å². The largest absolute Gasteiger partial charge is 0.462 e. The van der Waals surface area contributed by atoms with Crippen LogP contribution in [0.4, 0.5) is 10.1 Å². The van der Waals surface area contributed by atoms with Crippen molar-refractivity contribution < 1.29 is 13.9 Å². The van der Waals surface area contributed by atoms with Gasteiger partial charge >= 0.3 is 0 Å². The van der Waals surface area contributed by atoms with Gasteiger partial charge in [-0.1, -0.05) is 11.6 Å². The Morgan fingerprint density at radius 1 is 1.24 bits per heavy atom. The predicted octanol–water partition coefficient (Wildman–Crippen LogP) is 3.18. The Balaban J connectivity index is 2.01. The van der Waals surface area contributed by atoms with Gasteiger partial charge in [-0.2, -0.15) is 0 Å². The Hall–Kier alpha value is -1.52. The molecule has 0 aliphatic heterocycles. The normalized spacial score (nSPS) is 10.5. The van der Waals surface area contributed by atoms with Crippen molar-refractivity contribution in [3.63, 3.8) is 0 Å². The standard InChI is InChI=1S/C12H11ClFNO2/c13-8-3-9(14)5-10(4-8)15-6-11-1-2-12(7-16)17-11/h1-5,15-16H,6-7H2. The van der Waals surface area contributed by atoms with Crippen LogP contribution in [0.2, 0.25) is 5.02 Å². The highest BCUT2D eigenvalue weighted by Crippen LogP contribution is 2.19. The average molecular weight is 256 g/mol. The summed E-state index contributed by atoms with van der Waals surface area (Å²) in [5.74, 6) is 0.768. The molecular formula is C12H11ClFNO2. The molecule has 0 unspecified atom stereocenters. The fourth-order valence-electron chi connectivity index (χ4n) is 1.45. The molecule has 2 aromatic rings. The summed E-state index contributed by atoms with van der Waals surface area (Å²) in [5, 5.41) is 12.1. The molecule has 0 spiro atoms. The zero-order valence-corrected chi connectivity index (χ0v) is 9.67. The van der Waals surface area contributed by atoms with Gasteiger partial charge in [0, 0.05) is 10.7 Å². The summed E-state index contributed by atoms with van der Waals surface area (Å²) >= 11 is 5.72. The first-order chi connectivity index (χ1) is 8.17. The third-order valence-electron chi connectivity index (χ3n) is 2.20. The molecule has 0 saturated carbocycles. The van der Waals surface area contributed by atoms with E-state index >= 15 is 0 Å². The van der Waals surface area contributed by atoms with Gasteiger partial charge in [0.15, 0.2) is 0 Å². The zero-order chi connectivity index (χ0) is 12.3. The van der Waals surface area contributed by atoms with E-state index in [0.29, 0.717) is 28.8 Å². The van der Waals surface area contributed by atoms with E-state index in [1.807, 2.05) is 0 Å². The van der Waals surface area contributed by atoms with Crippen molar-refractivity contribution in [1.29, 1.82) is 0 Å². The first-order valence-corrected chi connectivity index (χ1v) is 5.43. The van der Waals surface area contributed by atoms with Crippen LogP contribution in [-0.4, -0.2) is 5.11 Å². The summed E-state index contributed by atoms with van der Waals surface area (Å²) in [6.45, 7) is 0.269. The molecule has 1 aromatic carbocycles. The van der Waals surface area contributed by atoms with Gasteiger partial charge in [-0.15, -0.1) is 0 Å². The minimum absolute atomic E-state index is 0.133. The minimum atomic E-state index is -0.393. The smallest absolute Gasteiger partial charge is 0.129 e. The first kappa shape index (κ1) is 12.0. The lowest BCUT2D eigenvalue weighted by Gasteiger charge is -2.05. The van der Waals surface area contributed by atoms with Crippen molar-refractivity contribution in [3.05, 3.63) is 52.7 Å². The molecule has 0 saturated heterocycles. The van der Waals surface area contributed by atoms with Gasteiger partial charge in [0.05, 0.1) is 6.54 Å². The second-order valence-electron chi connectivity index (χ2n) is 3.54. The van der Waals surface area contributed by atoms with Crippen LogP contribution in [0.5, 0.6) is 0 Å². The van der Waals surface area contributed by atoms with Gasteiger partial charge < -0.3 is 14.8 Å². The third kappa shape index (κ3) is 3.22. The summed E-state index contributed by atoms with van der Waals surface area (Å²) in [6, 6.07) is 7.65. The van der Waals surface area contributed by atoms with Crippen LogP contribution < -0.4 is 5.32 Å². The van der Waals surface area contributed by atoms with Crippen molar-refractivity contribution in [1.82, 2.24) is 0 Å². The molecule has 0 bridgehead atoms. The monoisotopic (exact) mass is 255 g/mol. The minimum Gasteiger partial charge on any atom is -0.462 e. The van der Waals surface area contributed by atoms with Gasteiger partial charge in [0.25, 0.3) is 0 Å². The van der Waals surface area contributed by atoms with Gasteiger partial charge in [-0.3, -0.25) is 0 Å². The molecule has 17 heavy (non-hydrogen) atoms. The highest BCUT2D eigenvalue weighted by atomic mass is 35.5. The van der Waals surface area contributed by atoms with Crippen molar-refractivity contribution in [3.8, 4) is 0 Å². The predicted molar refractivity (Wildman–Crippen MR) is 63.4 cm³/mol. The lowest BCUT2D eigenvalue weighted by molar-refractivity contribution is 0.244. The topological polar surface area (TPSA) is 45.4 Å². The maximum atomic E-state index is 13.0. The lowest BCUT2D eigenvalue weighted by atomic mass is 10.3. The van der Waals surface area contributed by atoms with Crippen LogP contribution in [0, 0.1) is 5.82 Å². The van der Waals surface area contributed by atoms with Crippen LogP contribution in [0.15, 0.2) is 34.7 Å².